The van der Waals surface area contributed by atoms with E-state index < -0.39 is 23.8 Å². The van der Waals surface area contributed by atoms with Crippen LogP contribution in [0, 0.1) is 12.7 Å². The number of halogens is 4. The maximum Gasteiger partial charge on any atom is 0.449 e. The fourth-order valence-electron chi connectivity index (χ4n) is 2.51. The fourth-order valence-corrected chi connectivity index (χ4v) is 2.51. The summed E-state index contributed by atoms with van der Waals surface area (Å²) in [4.78, 5) is 19.4. The van der Waals surface area contributed by atoms with E-state index in [1.807, 2.05) is 0 Å². The first kappa shape index (κ1) is 18.6. The molecule has 0 aliphatic rings. The molecule has 10 heteroatoms. The highest BCUT2D eigenvalue weighted by Gasteiger charge is 2.37. The van der Waals surface area contributed by atoms with Crippen LogP contribution in [-0.4, -0.2) is 27.1 Å². The summed E-state index contributed by atoms with van der Waals surface area (Å²) >= 11 is 0. The number of aryl methyl sites for hydroxylation is 1. The van der Waals surface area contributed by atoms with Crippen molar-refractivity contribution >= 4 is 22.9 Å². The highest BCUT2D eigenvalue weighted by Crippen LogP contribution is 2.30. The monoisotopic (exact) mass is 381 g/mol. The molecule has 1 aromatic carbocycles. The van der Waals surface area contributed by atoms with E-state index in [0.29, 0.717) is 5.56 Å². The molecule has 0 aliphatic carbocycles. The van der Waals surface area contributed by atoms with Gasteiger partial charge in [-0.2, -0.15) is 13.2 Å². The second kappa shape index (κ2) is 7.22. The van der Waals surface area contributed by atoms with Crippen molar-refractivity contribution in [2.24, 2.45) is 0 Å². The quantitative estimate of drug-likeness (QED) is 0.677. The van der Waals surface area contributed by atoms with Gasteiger partial charge < -0.3 is 15.2 Å². The molecule has 3 rings (SSSR count). The zero-order chi connectivity index (χ0) is 19.6. The zero-order valence-corrected chi connectivity index (χ0v) is 14.1. The molecular formula is C17H15F4N5O. The van der Waals surface area contributed by atoms with Crippen LogP contribution in [0.4, 0.5) is 28.0 Å². The van der Waals surface area contributed by atoms with E-state index in [0.717, 1.165) is 10.6 Å². The van der Waals surface area contributed by atoms with Gasteiger partial charge in [0.05, 0.1) is 0 Å². The molecule has 0 bridgehead atoms. The standard InChI is InChI=1S/C17H15F4N5O/c1-10-4-5-11(9-12(10)18)24-16(27)23-7-8-26-14-13(3-2-6-22-14)25-15(26)17(19,20)21/h2-6,9H,7-8H2,1H3,(H2,23,24,27). The predicted octanol–water partition coefficient (Wildman–Crippen LogP) is 3.72. The Bertz CT molecular complexity index is 983. The average Bonchev–Trinajstić information content (AvgIpc) is 2.97. The zero-order valence-electron chi connectivity index (χ0n) is 14.1. The highest BCUT2D eigenvalue weighted by molar-refractivity contribution is 5.89. The van der Waals surface area contributed by atoms with Crippen molar-refractivity contribution in [2.45, 2.75) is 19.6 Å². The van der Waals surface area contributed by atoms with E-state index in [2.05, 4.69) is 20.6 Å². The van der Waals surface area contributed by atoms with Gasteiger partial charge >= 0.3 is 12.2 Å². The van der Waals surface area contributed by atoms with Gasteiger partial charge in [0.15, 0.2) is 5.65 Å². The Labute approximate surface area is 151 Å². The summed E-state index contributed by atoms with van der Waals surface area (Å²) < 4.78 is 53.9. The third-order valence-electron chi connectivity index (χ3n) is 3.81. The second-order valence-electron chi connectivity index (χ2n) is 5.78. The molecule has 6 nitrogen and oxygen atoms in total. The molecule has 0 radical (unpaired) electrons. The van der Waals surface area contributed by atoms with Crippen LogP contribution >= 0.6 is 0 Å². The first-order valence-corrected chi connectivity index (χ1v) is 7.95. The van der Waals surface area contributed by atoms with Gasteiger partial charge in [-0.15, -0.1) is 0 Å². The molecule has 0 atom stereocenters. The minimum Gasteiger partial charge on any atom is -0.336 e. The first-order valence-electron chi connectivity index (χ1n) is 7.95. The maximum absolute atomic E-state index is 13.5. The summed E-state index contributed by atoms with van der Waals surface area (Å²) in [5.41, 5.74) is 0.860. The van der Waals surface area contributed by atoms with Crippen LogP contribution in [0.5, 0.6) is 0 Å². The highest BCUT2D eigenvalue weighted by atomic mass is 19.4. The Hall–Kier alpha value is -3.17. The van der Waals surface area contributed by atoms with Gasteiger partial charge in [-0.3, -0.25) is 0 Å². The van der Waals surface area contributed by atoms with Crippen molar-refractivity contribution in [1.29, 1.82) is 0 Å². The van der Waals surface area contributed by atoms with Gasteiger partial charge in [0.25, 0.3) is 0 Å². The molecule has 2 amide bonds. The Kier molecular flexibility index (Phi) is 4.98. The lowest BCUT2D eigenvalue weighted by molar-refractivity contribution is -0.146. The third kappa shape index (κ3) is 4.15. The van der Waals surface area contributed by atoms with Crippen LogP contribution in [0.25, 0.3) is 11.2 Å². The molecule has 0 unspecified atom stereocenters. The number of rotatable bonds is 4. The number of aromatic nitrogens is 3. The second-order valence-corrected chi connectivity index (χ2v) is 5.78. The Morgan fingerprint density at radius 1 is 1.26 bits per heavy atom. The van der Waals surface area contributed by atoms with Crippen LogP contribution in [-0.2, 0) is 12.7 Å². The van der Waals surface area contributed by atoms with E-state index >= 15 is 0 Å². The van der Waals surface area contributed by atoms with Crippen molar-refractivity contribution in [3.63, 3.8) is 0 Å². The normalized spacial score (nSPS) is 11.6. The number of carbonyl (C=O) groups is 1. The Morgan fingerprint density at radius 3 is 2.74 bits per heavy atom. The number of pyridine rings is 1. The summed E-state index contributed by atoms with van der Waals surface area (Å²) in [5.74, 6) is -1.56. The summed E-state index contributed by atoms with van der Waals surface area (Å²) in [5, 5.41) is 4.85. The van der Waals surface area contributed by atoms with Gasteiger partial charge in [-0.05, 0) is 36.8 Å². The number of carbonyl (C=O) groups excluding carboxylic acids is 1. The van der Waals surface area contributed by atoms with Gasteiger partial charge in [-0.1, -0.05) is 6.07 Å². The maximum atomic E-state index is 13.5. The van der Waals surface area contributed by atoms with E-state index in [4.69, 9.17) is 0 Å². The number of fused-ring (bicyclic) bond motifs is 1. The molecule has 142 valence electrons. The fraction of sp³-hybridized carbons (Fsp3) is 0.235. The largest absolute Gasteiger partial charge is 0.449 e. The summed E-state index contributed by atoms with van der Waals surface area (Å²) in [6.07, 6.45) is -3.28. The molecule has 0 saturated heterocycles. The lowest BCUT2D eigenvalue weighted by Crippen LogP contribution is -2.32. The van der Waals surface area contributed by atoms with Crippen molar-refractivity contribution in [2.75, 3.05) is 11.9 Å². The third-order valence-corrected chi connectivity index (χ3v) is 3.81. The SMILES string of the molecule is Cc1ccc(NC(=O)NCCn2c(C(F)(F)F)nc3cccnc32)cc1F. The number of imidazole rings is 1. The molecular weight excluding hydrogens is 366 g/mol. The number of hydrogen-bond donors (Lipinski definition) is 2. The average molecular weight is 381 g/mol. The van der Waals surface area contributed by atoms with Crippen molar-refractivity contribution in [3.05, 3.63) is 53.7 Å². The summed E-state index contributed by atoms with van der Waals surface area (Å²) in [6.45, 7) is 1.30. The number of nitrogens with one attached hydrogen (secondary N) is 2. The number of amides is 2. The molecule has 27 heavy (non-hydrogen) atoms. The van der Waals surface area contributed by atoms with Gasteiger partial charge in [0.2, 0.25) is 5.82 Å². The summed E-state index contributed by atoms with van der Waals surface area (Å²) in [6, 6.07) is 6.44. The number of alkyl halides is 3. The Balaban J connectivity index is 1.68. The van der Waals surface area contributed by atoms with Gasteiger partial charge in [0.1, 0.15) is 11.3 Å². The van der Waals surface area contributed by atoms with Crippen molar-refractivity contribution < 1.29 is 22.4 Å². The lowest BCUT2D eigenvalue weighted by Gasteiger charge is -2.12. The number of anilines is 1. The molecule has 2 aromatic heterocycles. The number of hydrogen-bond acceptors (Lipinski definition) is 3. The molecule has 0 saturated carbocycles. The van der Waals surface area contributed by atoms with Crippen molar-refractivity contribution in [1.82, 2.24) is 19.9 Å². The van der Waals surface area contributed by atoms with Crippen LogP contribution in [0.2, 0.25) is 0 Å². The Morgan fingerprint density at radius 2 is 2.04 bits per heavy atom. The minimum absolute atomic E-state index is 0.0765. The number of nitrogens with zero attached hydrogens (tertiary/aromatic N) is 3. The van der Waals surface area contributed by atoms with E-state index in [-0.39, 0.29) is 29.9 Å². The van der Waals surface area contributed by atoms with E-state index in [9.17, 15) is 22.4 Å². The molecule has 0 fully saturated rings. The predicted molar refractivity (Wildman–Crippen MR) is 90.7 cm³/mol. The van der Waals surface area contributed by atoms with Crippen molar-refractivity contribution in [3.8, 4) is 0 Å². The van der Waals surface area contributed by atoms with Crippen LogP contribution in [0.3, 0.4) is 0 Å². The van der Waals surface area contributed by atoms with E-state index in [1.54, 1.807) is 6.92 Å². The number of benzene rings is 1. The van der Waals surface area contributed by atoms with Gasteiger partial charge in [0, 0.05) is 25.0 Å². The lowest BCUT2D eigenvalue weighted by atomic mass is 10.2. The van der Waals surface area contributed by atoms with E-state index in [1.165, 1.54) is 30.5 Å². The molecule has 0 spiro atoms. The first-order chi connectivity index (χ1) is 12.8. The molecule has 2 heterocycles. The molecule has 2 N–H and O–H groups in total. The van der Waals surface area contributed by atoms with Gasteiger partial charge in [-0.25, -0.2) is 19.2 Å². The van der Waals surface area contributed by atoms with Crippen LogP contribution in [0.1, 0.15) is 11.4 Å². The topological polar surface area (TPSA) is 71.8 Å². The summed E-state index contributed by atoms with van der Waals surface area (Å²) in [7, 11) is 0. The smallest absolute Gasteiger partial charge is 0.336 e. The van der Waals surface area contributed by atoms with Crippen LogP contribution < -0.4 is 10.6 Å². The van der Waals surface area contributed by atoms with Crippen LogP contribution in [0.15, 0.2) is 36.5 Å². The molecule has 0 aliphatic heterocycles. The minimum atomic E-state index is -4.65. The number of urea groups is 1. The molecule has 3 aromatic rings.